The fourth-order valence-electron chi connectivity index (χ4n) is 3.65. The van der Waals surface area contributed by atoms with Crippen molar-refractivity contribution in [1.82, 2.24) is 10.3 Å². The molecule has 116 valence electrons. The second-order valence-electron chi connectivity index (χ2n) is 6.18. The number of fused-ring (bicyclic) bond motifs is 1. The molecule has 2 aliphatic rings. The van der Waals surface area contributed by atoms with Crippen LogP contribution < -0.4 is 10.2 Å². The van der Waals surface area contributed by atoms with E-state index in [1.54, 1.807) is 0 Å². The number of ether oxygens (including phenoxy) is 1. The van der Waals surface area contributed by atoms with Crippen LogP contribution in [0.25, 0.3) is 0 Å². The molecule has 1 saturated carbocycles. The normalized spacial score (nSPS) is 27.2. The second-order valence-corrected chi connectivity index (χ2v) is 6.18. The average Bonchev–Trinajstić information content (AvgIpc) is 2.55. The number of hydrogen-bond acceptors (Lipinski definition) is 4. The first kappa shape index (κ1) is 14.8. The Hall–Kier alpha value is -1.13. The highest BCUT2D eigenvalue weighted by Gasteiger charge is 2.34. The molecular formula is C17H27N3O. The molecule has 0 amide bonds. The van der Waals surface area contributed by atoms with Crippen LogP contribution in [0.15, 0.2) is 18.3 Å². The van der Waals surface area contributed by atoms with E-state index < -0.39 is 0 Å². The third-order valence-electron chi connectivity index (χ3n) is 4.79. The quantitative estimate of drug-likeness (QED) is 0.925. The van der Waals surface area contributed by atoms with Crippen LogP contribution in [0, 0.1) is 0 Å². The first-order valence-electron chi connectivity index (χ1n) is 8.37. The van der Waals surface area contributed by atoms with Gasteiger partial charge in [-0.1, -0.05) is 19.8 Å². The van der Waals surface area contributed by atoms with Crippen molar-refractivity contribution >= 4 is 5.69 Å². The third-order valence-corrected chi connectivity index (χ3v) is 4.79. The van der Waals surface area contributed by atoms with E-state index in [1.807, 2.05) is 6.20 Å². The van der Waals surface area contributed by atoms with Crippen LogP contribution >= 0.6 is 0 Å². The van der Waals surface area contributed by atoms with E-state index >= 15 is 0 Å². The molecule has 2 heterocycles. The Morgan fingerprint density at radius 3 is 3.00 bits per heavy atom. The standard InChI is InChI=1S/C17H27N3O/c1-3-18-13(2)15-9-8-14(12-19-15)20-10-11-21-17-7-5-4-6-16(17)20/h8-9,12-13,16-18H,3-7,10-11H2,1-2H3. The summed E-state index contributed by atoms with van der Waals surface area (Å²) in [6.45, 7) is 7.10. The number of morpholine rings is 1. The summed E-state index contributed by atoms with van der Waals surface area (Å²) < 4.78 is 5.96. The van der Waals surface area contributed by atoms with Gasteiger partial charge < -0.3 is 15.0 Å². The molecule has 1 aromatic heterocycles. The van der Waals surface area contributed by atoms with Gasteiger partial charge in [0.15, 0.2) is 0 Å². The number of nitrogens with one attached hydrogen (secondary N) is 1. The first-order chi connectivity index (χ1) is 10.3. The maximum Gasteiger partial charge on any atom is 0.0779 e. The van der Waals surface area contributed by atoms with Crippen LogP contribution in [0.4, 0.5) is 5.69 Å². The summed E-state index contributed by atoms with van der Waals surface area (Å²) in [5.41, 5.74) is 2.37. The van der Waals surface area contributed by atoms with Gasteiger partial charge in [-0.15, -0.1) is 0 Å². The van der Waals surface area contributed by atoms with Gasteiger partial charge in [-0.2, -0.15) is 0 Å². The molecule has 3 atom stereocenters. The Morgan fingerprint density at radius 2 is 2.24 bits per heavy atom. The number of hydrogen-bond donors (Lipinski definition) is 1. The number of rotatable bonds is 4. The van der Waals surface area contributed by atoms with Gasteiger partial charge in [0.1, 0.15) is 0 Å². The van der Waals surface area contributed by atoms with E-state index in [1.165, 1.54) is 31.4 Å². The zero-order valence-corrected chi connectivity index (χ0v) is 13.2. The second kappa shape index (κ2) is 6.75. The molecule has 21 heavy (non-hydrogen) atoms. The Bertz CT molecular complexity index is 446. The van der Waals surface area contributed by atoms with Crippen molar-refractivity contribution in [2.45, 2.75) is 57.7 Å². The lowest BCUT2D eigenvalue weighted by Crippen LogP contribution is -2.52. The SMILES string of the molecule is CCNC(C)c1ccc(N2CCOC3CCCCC32)cn1. The van der Waals surface area contributed by atoms with E-state index in [0.717, 1.165) is 25.4 Å². The highest BCUT2D eigenvalue weighted by molar-refractivity contribution is 5.47. The number of anilines is 1. The molecule has 1 aromatic rings. The molecule has 0 spiro atoms. The van der Waals surface area contributed by atoms with Crippen molar-refractivity contribution in [2.75, 3.05) is 24.6 Å². The molecule has 1 aliphatic heterocycles. The summed E-state index contributed by atoms with van der Waals surface area (Å²) in [5.74, 6) is 0. The lowest BCUT2D eigenvalue weighted by molar-refractivity contribution is -0.00870. The van der Waals surface area contributed by atoms with Crippen LogP contribution in [-0.4, -0.2) is 36.8 Å². The van der Waals surface area contributed by atoms with E-state index in [-0.39, 0.29) is 0 Å². The van der Waals surface area contributed by atoms with Crippen molar-refractivity contribution in [3.63, 3.8) is 0 Å². The van der Waals surface area contributed by atoms with Gasteiger partial charge in [-0.05, 0) is 38.4 Å². The maximum absolute atomic E-state index is 5.96. The molecule has 4 heteroatoms. The van der Waals surface area contributed by atoms with Crippen LogP contribution in [0.5, 0.6) is 0 Å². The largest absolute Gasteiger partial charge is 0.374 e. The van der Waals surface area contributed by atoms with Gasteiger partial charge in [0, 0.05) is 12.6 Å². The minimum absolute atomic E-state index is 0.316. The number of aromatic nitrogens is 1. The summed E-state index contributed by atoms with van der Waals surface area (Å²) in [5, 5.41) is 3.41. The minimum atomic E-state index is 0.316. The molecule has 0 aromatic carbocycles. The topological polar surface area (TPSA) is 37.4 Å². The van der Waals surface area contributed by atoms with Crippen molar-refractivity contribution in [1.29, 1.82) is 0 Å². The van der Waals surface area contributed by atoms with Gasteiger partial charge in [-0.25, -0.2) is 0 Å². The van der Waals surface area contributed by atoms with Gasteiger partial charge >= 0.3 is 0 Å². The zero-order valence-electron chi connectivity index (χ0n) is 13.2. The predicted octanol–water partition coefficient (Wildman–Crippen LogP) is 2.90. The molecule has 2 fully saturated rings. The van der Waals surface area contributed by atoms with Crippen molar-refractivity contribution in [3.05, 3.63) is 24.0 Å². The summed E-state index contributed by atoms with van der Waals surface area (Å²) >= 11 is 0. The van der Waals surface area contributed by atoms with Crippen LogP contribution in [0.2, 0.25) is 0 Å². The highest BCUT2D eigenvalue weighted by Crippen LogP contribution is 2.31. The summed E-state index contributed by atoms with van der Waals surface area (Å²) in [7, 11) is 0. The molecule has 3 rings (SSSR count). The van der Waals surface area contributed by atoms with E-state index in [2.05, 4.69) is 41.2 Å². The third kappa shape index (κ3) is 3.22. The molecule has 1 N–H and O–H groups in total. The zero-order chi connectivity index (χ0) is 14.7. The lowest BCUT2D eigenvalue weighted by atomic mass is 9.90. The maximum atomic E-state index is 5.96. The molecule has 4 nitrogen and oxygen atoms in total. The molecular weight excluding hydrogens is 262 g/mol. The van der Waals surface area contributed by atoms with Gasteiger partial charge in [-0.3, -0.25) is 4.98 Å². The molecule has 0 radical (unpaired) electrons. The highest BCUT2D eigenvalue weighted by atomic mass is 16.5. The fraction of sp³-hybridized carbons (Fsp3) is 0.706. The van der Waals surface area contributed by atoms with Gasteiger partial charge in [0.2, 0.25) is 0 Å². The predicted molar refractivity (Wildman–Crippen MR) is 85.7 cm³/mol. The fourth-order valence-corrected chi connectivity index (χ4v) is 3.65. The Kier molecular flexibility index (Phi) is 4.76. The summed E-state index contributed by atoms with van der Waals surface area (Å²) in [6, 6.07) is 5.26. The Balaban J connectivity index is 1.73. The summed E-state index contributed by atoms with van der Waals surface area (Å²) in [6.07, 6.45) is 7.56. The first-order valence-corrected chi connectivity index (χ1v) is 8.37. The average molecular weight is 289 g/mol. The Morgan fingerprint density at radius 1 is 1.38 bits per heavy atom. The van der Waals surface area contributed by atoms with Crippen molar-refractivity contribution in [2.24, 2.45) is 0 Å². The van der Waals surface area contributed by atoms with Gasteiger partial charge in [0.25, 0.3) is 0 Å². The summed E-state index contributed by atoms with van der Waals surface area (Å²) in [4.78, 5) is 7.18. The molecule has 0 bridgehead atoms. The molecule has 3 unspecified atom stereocenters. The number of pyridine rings is 1. The minimum Gasteiger partial charge on any atom is -0.374 e. The van der Waals surface area contributed by atoms with Crippen LogP contribution in [0.3, 0.4) is 0 Å². The molecule has 1 saturated heterocycles. The smallest absolute Gasteiger partial charge is 0.0779 e. The van der Waals surface area contributed by atoms with E-state index in [4.69, 9.17) is 4.74 Å². The van der Waals surface area contributed by atoms with E-state index in [0.29, 0.717) is 18.2 Å². The number of nitrogens with zero attached hydrogens (tertiary/aromatic N) is 2. The van der Waals surface area contributed by atoms with Gasteiger partial charge in [0.05, 0.1) is 36.3 Å². The van der Waals surface area contributed by atoms with Crippen molar-refractivity contribution in [3.8, 4) is 0 Å². The monoisotopic (exact) mass is 289 g/mol. The molecule has 1 aliphatic carbocycles. The van der Waals surface area contributed by atoms with E-state index in [9.17, 15) is 0 Å². The van der Waals surface area contributed by atoms with Crippen LogP contribution in [0.1, 0.15) is 51.3 Å². The van der Waals surface area contributed by atoms with Crippen LogP contribution in [-0.2, 0) is 4.74 Å². The van der Waals surface area contributed by atoms with Crippen molar-refractivity contribution < 1.29 is 4.74 Å². The lowest BCUT2D eigenvalue weighted by Gasteiger charge is -2.45. The Labute approximate surface area is 127 Å².